The summed E-state index contributed by atoms with van der Waals surface area (Å²) in [4.78, 5) is 12.3. The lowest BCUT2D eigenvalue weighted by atomic mass is 10.2. The number of carbonyl (C=O) groups excluding carboxylic acids is 1. The minimum Gasteiger partial charge on any atom is -0.467 e. The fraction of sp³-hybridized carbons (Fsp3) is 0.400. The summed E-state index contributed by atoms with van der Waals surface area (Å²) in [5.41, 5.74) is 0. The SMILES string of the molecule is Cc1ccc(S(=O)(=O)N2CCCC2C(=O)NCc2ccco2)o1. The average Bonchev–Trinajstić information content (AvgIpc) is 3.25. The van der Waals surface area contributed by atoms with Gasteiger partial charge in [0.15, 0.2) is 0 Å². The van der Waals surface area contributed by atoms with Crippen molar-refractivity contribution in [1.82, 2.24) is 9.62 Å². The second kappa shape index (κ2) is 6.21. The van der Waals surface area contributed by atoms with Gasteiger partial charge in [-0.25, -0.2) is 8.42 Å². The van der Waals surface area contributed by atoms with E-state index < -0.39 is 16.1 Å². The van der Waals surface area contributed by atoms with Gasteiger partial charge in [0.25, 0.3) is 10.0 Å². The van der Waals surface area contributed by atoms with E-state index >= 15 is 0 Å². The van der Waals surface area contributed by atoms with Crippen LogP contribution in [0.2, 0.25) is 0 Å². The molecule has 7 nitrogen and oxygen atoms in total. The van der Waals surface area contributed by atoms with Crippen molar-refractivity contribution in [3.05, 3.63) is 42.0 Å². The third-order valence-electron chi connectivity index (χ3n) is 3.80. The van der Waals surface area contributed by atoms with Crippen molar-refractivity contribution in [1.29, 1.82) is 0 Å². The molecule has 1 atom stereocenters. The standard InChI is InChI=1S/C15H18N2O5S/c1-11-6-7-14(22-11)23(19,20)17-8-2-5-13(17)15(18)16-10-12-4-3-9-21-12/h3-4,6-7,9,13H,2,5,8,10H2,1H3,(H,16,18). The van der Waals surface area contributed by atoms with Crippen molar-refractivity contribution in [2.45, 2.75) is 37.4 Å². The van der Waals surface area contributed by atoms with E-state index in [-0.39, 0.29) is 17.5 Å². The molecule has 3 heterocycles. The Balaban J connectivity index is 1.73. The van der Waals surface area contributed by atoms with Gasteiger partial charge in [0.2, 0.25) is 11.0 Å². The number of sulfonamides is 1. The molecule has 124 valence electrons. The molecule has 0 aromatic carbocycles. The highest BCUT2D eigenvalue weighted by Gasteiger charge is 2.40. The van der Waals surface area contributed by atoms with Crippen LogP contribution < -0.4 is 5.32 Å². The van der Waals surface area contributed by atoms with Crippen LogP contribution in [0.3, 0.4) is 0 Å². The summed E-state index contributed by atoms with van der Waals surface area (Å²) in [6, 6.07) is 5.76. The third-order valence-corrected chi connectivity index (χ3v) is 5.58. The monoisotopic (exact) mass is 338 g/mol. The van der Waals surface area contributed by atoms with E-state index in [9.17, 15) is 13.2 Å². The topological polar surface area (TPSA) is 92.8 Å². The van der Waals surface area contributed by atoms with E-state index in [0.29, 0.717) is 30.9 Å². The normalized spacial score (nSPS) is 19.1. The minimum absolute atomic E-state index is 0.124. The van der Waals surface area contributed by atoms with Gasteiger partial charge in [-0.3, -0.25) is 4.79 Å². The first kappa shape index (κ1) is 15.8. The van der Waals surface area contributed by atoms with Crippen LogP contribution in [0.1, 0.15) is 24.4 Å². The Morgan fingerprint density at radius 3 is 2.87 bits per heavy atom. The summed E-state index contributed by atoms with van der Waals surface area (Å²) >= 11 is 0. The van der Waals surface area contributed by atoms with E-state index in [1.165, 1.54) is 16.6 Å². The molecular formula is C15H18N2O5S. The average molecular weight is 338 g/mol. The molecule has 1 saturated heterocycles. The number of rotatable bonds is 5. The highest BCUT2D eigenvalue weighted by Crippen LogP contribution is 2.27. The van der Waals surface area contributed by atoms with Crippen molar-refractivity contribution in [3.8, 4) is 0 Å². The lowest BCUT2D eigenvalue weighted by Gasteiger charge is -2.22. The van der Waals surface area contributed by atoms with Crippen LogP contribution in [-0.4, -0.2) is 31.2 Å². The lowest BCUT2D eigenvalue weighted by molar-refractivity contribution is -0.124. The van der Waals surface area contributed by atoms with Crippen LogP contribution in [0, 0.1) is 6.92 Å². The molecule has 1 amide bonds. The third kappa shape index (κ3) is 3.18. The fourth-order valence-electron chi connectivity index (χ4n) is 2.66. The van der Waals surface area contributed by atoms with Gasteiger partial charge < -0.3 is 14.2 Å². The molecule has 0 spiro atoms. The maximum atomic E-state index is 12.6. The first-order chi connectivity index (χ1) is 11.0. The number of hydrogen-bond acceptors (Lipinski definition) is 5. The Hall–Kier alpha value is -2.06. The first-order valence-corrected chi connectivity index (χ1v) is 8.81. The number of nitrogens with zero attached hydrogens (tertiary/aromatic N) is 1. The Bertz CT molecular complexity index is 779. The summed E-state index contributed by atoms with van der Waals surface area (Å²) in [7, 11) is -3.80. The molecule has 0 saturated carbocycles. The summed E-state index contributed by atoms with van der Waals surface area (Å²) < 4.78 is 36.9. The summed E-state index contributed by atoms with van der Waals surface area (Å²) in [5.74, 6) is 0.805. The first-order valence-electron chi connectivity index (χ1n) is 7.37. The number of amides is 1. The zero-order chi connectivity index (χ0) is 16.4. The van der Waals surface area contributed by atoms with Gasteiger partial charge >= 0.3 is 0 Å². The number of carbonyl (C=O) groups is 1. The molecule has 1 unspecified atom stereocenters. The molecule has 2 aromatic rings. The molecule has 0 bridgehead atoms. The molecule has 1 aliphatic heterocycles. The van der Waals surface area contributed by atoms with Crippen LogP contribution in [0.25, 0.3) is 0 Å². The Morgan fingerprint density at radius 1 is 1.39 bits per heavy atom. The van der Waals surface area contributed by atoms with Gasteiger partial charge in [-0.15, -0.1) is 0 Å². The summed E-state index contributed by atoms with van der Waals surface area (Å²) in [5, 5.41) is 2.59. The second-order valence-corrected chi connectivity index (χ2v) is 7.26. The molecule has 1 aliphatic rings. The molecule has 0 aliphatic carbocycles. The molecule has 23 heavy (non-hydrogen) atoms. The smallest absolute Gasteiger partial charge is 0.277 e. The maximum Gasteiger partial charge on any atom is 0.277 e. The zero-order valence-electron chi connectivity index (χ0n) is 12.7. The number of hydrogen-bond donors (Lipinski definition) is 1. The number of furan rings is 2. The number of aryl methyl sites for hydroxylation is 1. The van der Waals surface area contributed by atoms with Gasteiger partial charge in [-0.2, -0.15) is 4.31 Å². The van der Waals surface area contributed by atoms with Gasteiger partial charge in [0.1, 0.15) is 17.6 Å². The highest BCUT2D eigenvalue weighted by atomic mass is 32.2. The predicted octanol–water partition coefficient (Wildman–Crippen LogP) is 1.65. The molecule has 2 aromatic heterocycles. The van der Waals surface area contributed by atoms with Gasteiger partial charge in [-0.1, -0.05) is 0 Å². The molecule has 1 fully saturated rings. The van der Waals surface area contributed by atoms with Crippen LogP contribution in [0.4, 0.5) is 0 Å². The fourth-order valence-corrected chi connectivity index (χ4v) is 4.27. The molecule has 1 N–H and O–H groups in total. The Labute approximate surface area is 134 Å². The van der Waals surface area contributed by atoms with E-state index in [4.69, 9.17) is 8.83 Å². The largest absolute Gasteiger partial charge is 0.467 e. The maximum absolute atomic E-state index is 12.6. The van der Waals surface area contributed by atoms with E-state index in [1.54, 1.807) is 25.1 Å². The van der Waals surface area contributed by atoms with Crippen LogP contribution >= 0.6 is 0 Å². The quantitative estimate of drug-likeness (QED) is 0.895. The van der Waals surface area contributed by atoms with Crippen LogP contribution in [-0.2, 0) is 21.4 Å². The van der Waals surface area contributed by atoms with Crippen molar-refractivity contribution in [2.75, 3.05) is 6.54 Å². The van der Waals surface area contributed by atoms with Crippen LogP contribution in [0.5, 0.6) is 0 Å². The molecular weight excluding hydrogens is 320 g/mol. The van der Waals surface area contributed by atoms with E-state index in [1.807, 2.05) is 0 Å². The summed E-state index contributed by atoms with van der Waals surface area (Å²) in [6.45, 7) is 2.22. The van der Waals surface area contributed by atoms with Crippen molar-refractivity contribution in [3.63, 3.8) is 0 Å². The molecule has 0 radical (unpaired) electrons. The second-order valence-electron chi connectivity index (χ2n) is 5.44. The van der Waals surface area contributed by atoms with Gasteiger partial charge in [-0.05, 0) is 44.0 Å². The van der Waals surface area contributed by atoms with Gasteiger partial charge in [0, 0.05) is 6.54 Å². The minimum atomic E-state index is -3.80. The number of nitrogens with one attached hydrogen (secondary N) is 1. The molecule has 8 heteroatoms. The molecule has 3 rings (SSSR count). The van der Waals surface area contributed by atoms with Crippen LogP contribution in [0.15, 0.2) is 44.5 Å². The van der Waals surface area contributed by atoms with Crippen molar-refractivity contribution < 1.29 is 22.0 Å². The predicted molar refractivity (Wildman–Crippen MR) is 80.9 cm³/mol. The van der Waals surface area contributed by atoms with E-state index in [2.05, 4.69) is 5.32 Å². The summed E-state index contributed by atoms with van der Waals surface area (Å²) in [6.07, 6.45) is 2.65. The zero-order valence-corrected chi connectivity index (χ0v) is 13.5. The van der Waals surface area contributed by atoms with Gasteiger partial charge in [0.05, 0.1) is 12.8 Å². The van der Waals surface area contributed by atoms with Crippen molar-refractivity contribution in [2.24, 2.45) is 0 Å². The Morgan fingerprint density at radius 2 is 2.22 bits per heavy atom. The van der Waals surface area contributed by atoms with E-state index in [0.717, 1.165) is 0 Å². The highest BCUT2D eigenvalue weighted by molar-refractivity contribution is 7.89. The Kier molecular flexibility index (Phi) is 4.27. The lowest BCUT2D eigenvalue weighted by Crippen LogP contribution is -2.45. The van der Waals surface area contributed by atoms with Crippen molar-refractivity contribution >= 4 is 15.9 Å².